The van der Waals surface area contributed by atoms with Gasteiger partial charge in [-0.05, 0) is 37.6 Å². The van der Waals surface area contributed by atoms with E-state index in [2.05, 4.69) is 10.2 Å². The maximum Gasteiger partial charge on any atom is 0.227 e. The van der Waals surface area contributed by atoms with Gasteiger partial charge in [0.2, 0.25) is 5.91 Å². The molecule has 1 heterocycles. The molecule has 0 spiro atoms. The Bertz CT molecular complexity index is 675. The van der Waals surface area contributed by atoms with Crippen LogP contribution in [0.25, 0.3) is 0 Å². The molecule has 0 aliphatic rings. The number of nitrogens with zero attached hydrogens (tertiary/aromatic N) is 3. The molecule has 1 amide bonds. The molecule has 8 heteroatoms. The molecule has 0 unspecified atom stereocenters. The first-order valence-corrected chi connectivity index (χ1v) is 8.09. The van der Waals surface area contributed by atoms with Gasteiger partial charge >= 0.3 is 0 Å². The SMILES string of the molecule is CCn1c(COc2ccc(Cl)c(C)c2)nnc1SCC(N)=O. The fourth-order valence-electron chi connectivity index (χ4n) is 1.84. The number of halogens is 1. The van der Waals surface area contributed by atoms with E-state index in [4.69, 9.17) is 22.1 Å². The van der Waals surface area contributed by atoms with Crippen LogP contribution < -0.4 is 10.5 Å². The van der Waals surface area contributed by atoms with E-state index >= 15 is 0 Å². The van der Waals surface area contributed by atoms with Gasteiger partial charge in [-0.1, -0.05) is 23.4 Å². The van der Waals surface area contributed by atoms with Crippen LogP contribution in [0, 0.1) is 6.92 Å². The van der Waals surface area contributed by atoms with Gasteiger partial charge in [-0.3, -0.25) is 4.79 Å². The van der Waals surface area contributed by atoms with Crippen molar-refractivity contribution in [1.29, 1.82) is 0 Å². The Balaban J connectivity index is 2.06. The molecule has 2 N–H and O–H groups in total. The lowest BCUT2D eigenvalue weighted by molar-refractivity contribution is -0.115. The summed E-state index contributed by atoms with van der Waals surface area (Å²) in [5, 5.41) is 9.54. The molecular weight excluding hydrogens is 324 g/mol. The van der Waals surface area contributed by atoms with Gasteiger partial charge in [0, 0.05) is 11.6 Å². The quantitative estimate of drug-likeness (QED) is 0.782. The van der Waals surface area contributed by atoms with E-state index in [-0.39, 0.29) is 11.7 Å². The van der Waals surface area contributed by atoms with Crippen LogP contribution in [0.3, 0.4) is 0 Å². The van der Waals surface area contributed by atoms with Crippen LogP contribution in [0.4, 0.5) is 0 Å². The molecule has 1 aromatic carbocycles. The van der Waals surface area contributed by atoms with Crippen LogP contribution in [-0.4, -0.2) is 26.4 Å². The summed E-state index contributed by atoms with van der Waals surface area (Å²) in [4.78, 5) is 10.9. The minimum absolute atomic E-state index is 0.176. The van der Waals surface area contributed by atoms with Crippen molar-refractivity contribution in [1.82, 2.24) is 14.8 Å². The van der Waals surface area contributed by atoms with Gasteiger partial charge in [-0.15, -0.1) is 10.2 Å². The van der Waals surface area contributed by atoms with Crippen LogP contribution in [0.2, 0.25) is 5.02 Å². The average molecular weight is 341 g/mol. The molecular formula is C14H17ClN4O2S. The van der Waals surface area contributed by atoms with Crippen LogP contribution >= 0.6 is 23.4 Å². The molecule has 2 aromatic rings. The van der Waals surface area contributed by atoms with E-state index in [0.29, 0.717) is 29.2 Å². The first-order valence-electron chi connectivity index (χ1n) is 6.73. The first-order chi connectivity index (χ1) is 10.5. The molecule has 0 bridgehead atoms. The van der Waals surface area contributed by atoms with Gasteiger partial charge in [-0.2, -0.15) is 0 Å². The smallest absolute Gasteiger partial charge is 0.227 e. The Morgan fingerprint density at radius 1 is 1.45 bits per heavy atom. The summed E-state index contributed by atoms with van der Waals surface area (Å²) in [6, 6.07) is 5.48. The Kier molecular flexibility index (Phi) is 5.68. The molecule has 1 aromatic heterocycles. The van der Waals surface area contributed by atoms with Crippen molar-refractivity contribution in [3.63, 3.8) is 0 Å². The maximum atomic E-state index is 10.9. The van der Waals surface area contributed by atoms with Gasteiger partial charge < -0.3 is 15.0 Å². The summed E-state index contributed by atoms with van der Waals surface area (Å²) in [5.74, 6) is 1.21. The minimum Gasteiger partial charge on any atom is -0.486 e. The summed E-state index contributed by atoms with van der Waals surface area (Å²) in [7, 11) is 0. The van der Waals surface area contributed by atoms with E-state index < -0.39 is 0 Å². The van der Waals surface area contributed by atoms with Crippen molar-refractivity contribution in [3.8, 4) is 5.75 Å². The van der Waals surface area contributed by atoms with Crippen molar-refractivity contribution in [3.05, 3.63) is 34.6 Å². The second-order valence-corrected chi connectivity index (χ2v) is 5.95. The highest BCUT2D eigenvalue weighted by molar-refractivity contribution is 7.99. The van der Waals surface area contributed by atoms with E-state index in [0.717, 1.165) is 11.3 Å². The van der Waals surface area contributed by atoms with Crippen LogP contribution in [0.1, 0.15) is 18.3 Å². The zero-order valence-electron chi connectivity index (χ0n) is 12.4. The molecule has 0 aliphatic heterocycles. The normalized spacial score (nSPS) is 10.7. The minimum atomic E-state index is -0.384. The number of carbonyl (C=O) groups excluding carboxylic acids is 1. The number of benzene rings is 1. The lowest BCUT2D eigenvalue weighted by Crippen LogP contribution is -2.14. The fraction of sp³-hybridized carbons (Fsp3) is 0.357. The van der Waals surface area contributed by atoms with E-state index in [1.165, 1.54) is 11.8 Å². The third kappa shape index (κ3) is 4.14. The first kappa shape index (κ1) is 16.6. The van der Waals surface area contributed by atoms with Crippen LogP contribution in [0.5, 0.6) is 5.75 Å². The summed E-state index contributed by atoms with van der Waals surface area (Å²) in [5.41, 5.74) is 6.10. The molecule has 0 saturated heterocycles. The summed E-state index contributed by atoms with van der Waals surface area (Å²) in [6.45, 7) is 4.88. The Hall–Kier alpha value is -1.73. The number of rotatable bonds is 7. The Morgan fingerprint density at radius 3 is 2.86 bits per heavy atom. The number of aryl methyl sites for hydroxylation is 1. The van der Waals surface area contributed by atoms with Crippen molar-refractivity contribution < 1.29 is 9.53 Å². The number of primary amides is 1. The van der Waals surface area contributed by atoms with Gasteiger partial charge in [0.15, 0.2) is 11.0 Å². The van der Waals surface area contributed by atoms with E-state index in [1.807, 2.05) is 30.5 Å². The highest BCUT2D eigenvalue weighted by Gasteiger charge is 2.13. The number of thioether (sulfide) groups is 1. The monoisotopic (exact) mass is 340 g/mol. The Labute approximate surface area is 138 Å². The van der Waals surface area contributed by atoms with Crippen molar-refractivity contribution in [2.45, 2.75) is 32.2 Å². The molecule has 2 rings (SSSR count). The number of ether oxygens (including phenoxy) is 1. The van der Waals surface area contributed by atoms with Crippen molar-refractivity contribution >= 4 is 29.3 Å². The van der Waals surface area contributed by atoms with Crippen LogP contribution in [0.15, 0.2) is 23.4 Å². The molecule has 0 atom stereocenters. The fourth-order valence-corrected chi connectivity index (χ4v) is 2.72. The van der Waals surface area contributed by atoms with Gasteiger partial charge in [0.05, 0.1) is 5.75 Å². The predicted octanol–water partition coefficient (Wildman–Crippen LogP) is 2.42. The highest BCUT2D eigenvalue weighted by atomic mass is 35.5. The summed E-state index contributed by atoms with van der Waals surface area (Å²) < 4.78 is 7.63. The lowest BCUT2D eigenvalue weighted by atomic mass is 10.2. The highest BCUT2D eigenvalue weighted by Crippen LogP contribution is 2.22. The summed E-state index contributed by atoms with van der Waals surface area (Å²) >= 11 is 7.26. The second-order valence-electron chi connectivity index (χ2n) is 4.60. The number of hydrogen-bond acceptors (Lipinski definition) is 5. The van der Waals surface area contributed by atoms with Crippen molar-refractivity contribution in [2.24, 2.45) is 5.73 Å². The summed E-state index contributed by atoms with van der Waals surface area (Å²) in [6.07, 6.45) is 0. The van der Waals surface area contributed by atoms with E-state index in [1.54, 1.807) is 6.07 Å². The molecule has 22 heavy (non-hydrogen) atoms. The molecule has 6 nitrogen and oxygen atoms in total. The topological polar surface area (TPSA) is 83.0 Å². The van der Waals surface area contributed by atoms with E-state index in [9.17, 15) is 4.79 Å². The number of carbonyl (C=O) groups is 1. The number of hydrogen-bond donors (Lipinski definition) is 1. The maximum absolute atomic E-state index is 10.9. The molecule has 118 valence electrons. The third-order valence-corrected chi connectivity index (χ3v) is 4.36. The van der Waals surface area contributed by atoms with Gasteiger partial charge in [-0.25, -0.2) is 0 Å². The number of amides is 1. The molecule has 0 fully saturated rings. The second kappa shape index (κ2) is 7.51. The van der Waals surface area contributed by atoms with Crippen LogP contribution in [-0.2, 0) is 17.9 Å². The number of nitrogens with two attached hydrogens (primary N) is 1. The largest absolute Gasteiger partial charge is 0.486 e. The Morgan fingerprint density at radius 2 is 2.23 bits per heavy atom. The van der Waals surface area contributed by atoms with Gasteiger partial charge in [0.1, 0.15) is 12.4 Å². The van der Waals surface area contributed by atoms with Gasteiger partial charge in [0.25, 0.3) is 0 Å². The molecule has 0 radical (unpaired) electrons. The standard InChI is InChI=1S/C14H17ClN4O2S/c1-3-19-13(17-18-14(19)22-8-12(16)20)7-21-10-4-5-11(15)9(2)6-10/h4-6H,3,7-8H2,1-2H3,(H2,16,20). The van der Waals surface area contributed by atoms with Crippen molar-refractivity contribution in [2.75, 3.05) is 5.75 Å². The molecule has 0 saturated carbocycles. The predicted molar refractivity (Wildman–Crippen MR) is 86.1 cm³/mol. The zero-order valence-corrected chi connectivity index (χ0v) is 13.9. The molecule has 0 aliphatic carbocycles. The third-order valence-electron chi connectivity index (χ3n) is 2.95. The number of aromatic nitrogens is 3. The zero-order chi connectivity index (χ0) is 16.1. The average Bonchev–Trinajstić information content (AvgIpc) is 2.88. The lowest BCUT2D eigenvalue weighted by Gasteiger charge is -2.09.